The van der Waals surface area contributed by atoms with Gasteiger partial charge in [0.15, 0.2) is 5.82 Å². The van der Waals surface area contributed by atoms with E-state index in [-0.39, 0.29) is 6.04 Å². The van der Waals surface area contributed by atoms with Crippen LogP contribution in [0.5, 0.6) is 0 Å². The van der Waals surface area contributed by atoms with Crippen LogP contribution in [0.2, 0.25) is 5.02 Å². The van der Waals surface area contributed by atoms with E-state index in [1.54, 1.807) is 4.68 Å². The fraction of sp³-hybridized carbons (Fsp3) is 0.357. The van der Waals surface area contributed by atoms with Gasteiger partial charge >= 0.3 is 0 Å². The van der Waals surface area contributed by atoms with E-state index in [1.807, 2.05) is 45.3 Å². The van der Waals surface area contributed by atoms with Crippen molar-refractivity contribution in [3.63, 3.8) is 0 Å². The number of rotatable bonds is 3. The van der Waals surface area contributed by atoms with Crippen molar-refractivity contribution < 1.29 is 0 Å². The first kappa shape index (κ1) is 13.7. The third kappa shape index (κ3) is 2.40. The van der Waals surface area contributed by atoms with Crippen LogP contribution >= 0.6 is 11.6 Å². The maximum Gasteiger partial charge on any atom is 0.150 e. The molecule has 0 spiro atoms. The van der Waals surface area contributed by atoms with Gasteiger partial charge in [0.1, 0.15) is 0 Å². The Morgan fingerprint density at radius 1 is 1.37 bits per heavy atom. The summed E-state index contributed by atoms with van der Waals surface area (Å²) in [5.74, 6) is 0.907. The van der Waals surface area contributed by atoms with Crippen molar-refractivity contribution >= 4 is 23.1 Å². The second-order valence-electron chi connectivity index (χ2n) is 4.75. The van der Waals surface area contributed by atoms with Crippen molar-refractivity contribution in [2.75, 3.05) is 17.7 Å². The molecule has 0 aliphatic heterocycles. The summed E-state index contributed by atoms with van der Waals surface area (Å²) in [6.07, 6.45) is 0. The highest BCUT2D eigenvalue weighted by molar-refractivity contribution is 6.31. The third-order valence-corrected chi connectivity index (χ3v) is 3.85. The highest BCUT2D eigenvalue weighted by Gasteiger charge is 2.21. The zero-order valence-electron chi connectivity index (χ0n) is 11.7. The number of aromatic nitrogens is 2. The van der Waals surface area contributed by atoms with Gasteiger partial charge in [0.05, 0.1) is 17.4 Å². The minimum atomic E-state index is 0.116. The molecule has 0 radical (unpaired) electrons. The Morgan fingerprint density at radius 3 is 2.53 bits per heavy atom. The molecule has 0 saturated carbocycles. The van der Waals surface area contributed by atoms with Crippen LogP contribution in [0.3, 0.4) is 0 Å². The Labute approximate surface area is 118 Å². The van der Waals surface area contributed by atoms with Gasteiger partial charge in [0.25, 0.3) is 0 Å². The molecular weight excluding hydrogens is 260 g/mol. The molecule has 2 rings (SSSR count). The summed E-state index contributed by atoms with van der Waals surface area (Å²) in [6.45, 7) is 4.01. The molecule has 102 valence electrons. The number of aryl methyl sites for hydroxylation is 2. The summed E-state index contributed by atoms with van der Waals surface area (Å²) in [7, 11) is 3.90. The highest BCUT2D eigenvalue weighted by Crippen LogP contribution is 2.33. The Kier molecular flexibility index (Phi) is 3.71. The molecule has 1 unspecified atom stereocenters. The van der Waals surface area contributed by atoms with Crippen LogP contribution in [0.15, 0.2) is 24.3 Å². The molecule has 19 heavy (non-hydrogen) atoms. The molecule has 1 aromatic heterocycles. The van der Waals surface area contributed by atoms with Gasteiger partial charge in [-0.2, -0.15) is 5.10 Å². The largest absolute Gasteiger partial charge is 0.394 e. The van der Waals surface area contributed by atoms with E-state index < -0.39 is 0 Å². The first-order chi connectivity index (χ1) is 8.93. The second kappa shape index (κ2) is 5.13. The van der Waals surface area contributed by atoms with Crippen LogP contribution < -0.4 is 10.6 Å². The zero-order chi connectivity index (χ0) is 14.2. The van der Waals surface area contributed by atoms with Crippen LogP contribution in [-0.2, 0) is 7.05 Å². The van der Waals surface area contributed by atoms with Gasteiger partial charge in [-0.25, -0.2) is 0 Å². The minimum absolute atomic E-state index is 0.116. The maximum absolute atomic E-state index is 6.26. The molecule has 0 aliphatic carbocycles. The molecule has 0 aliphatic rings. The zero-order valence-corrected chi connectivity index (χ0v) is 12.4. The fourth-order valence-corrected chi connectivity index (χ4v) is 2.58. The molecule has 2 aromatic rings. The average molecular weight is 279 g/mol. The lowest BCUT2D eigenvalue weighted by Gasteiger charge is -2.28. The van der Waals surface area contributed by atoms with E-state index in [0.717, 1.165) is 22.1 Å². The van der Waals surface area contributed by atoms with E-state index in [2.05, 4.69) is 16.9 Å². The number of hydrogen-bond donors (Lipinski definition) is 1. The molecule has 1 heterocycles. The quantitative estimate of drug-likeness (QED) is 0.938. The molecule has 1 atom stereocenters. The summed E-state index contributed by atoms with van der Waals surface area (Å²) < 4.78 is 1.80. The first-order valence-electron chi connectivity index (χ1n) is 6.19. The Balaban J connectivity index is 2.39. The fourth-order valence-electron chi connectivity index (χ4n) is 2.29. The van der Waals surface area contributed by atoms with E-state index in [0.29, 0.717) is 5.69 Å². The van der Waals surface area contributed by atoms with Crippen LogP contribution in [-0.4, -0.2) is 16.8 Å². The number of nitrogen functional groups attached to an aromatic ring is 1. The molecular formula is C14H19ClN4. The first-order valence-corrected chi connectivity index (χ1v) is 6.57. The predicted octanol–water partition coefficient (Wildman–Crippen LogP) is 3.16. The summed E-state index contributed by atoms with van der Waals surface area (Å²) in [5, 5.41) is 5.11. The van der Waals surface area contributed by atoms with Gasteiger partial charge in [-0.3, -0.25) is 4.68 Å². The van der Waals surface area contributed by atoms with E-state index >= 15 is 0 Å². The molecule has 2 N–H and O–H groups in total. The highest BCUT2D eigenvalue weighted by atomic mass is 35.5. The summed E-state index contributed by atoms with van der Waals surface area (Å²) in [5.41, 5.74) is 8.73. The number of halogens is 1. The van der Waals surface area contributed by atoms with E-state index in [4.69, 9.17) is 17.3 Å². The second-order valence-corrected chi connectivity index (χ2v) is 5.16. The van der Waals surface area contributed by atoms with E-state index in [9.17, 15) is 0 Å². The molecule has 1 aromatic carbocycles. The van der Waals surface area contributed by atoms with Crippen LogP contribution in [0.1, 0.15) is 24.2 Å². The Bertz CT molecular complexity index is 591. The predicted molar refractivity (Wildman–Crippen MR) is 80.6 cm³/mol. The monoisotopic (exact) mass is 278 g/mol. The lowest BCUT2D eigenvalue weighted by atomic mass is 10.1. The van der Waals surface area contributed by atoms with Crippen molar-refractivity contribution in [1.29, 1.82) is 0 Å². The molecule has 0 saturated heterocycles. The average Bonchev–Trinajstić information content (AvgIpc) is 2.62. The number of nitrogens with zero attached hydrogens (tertiary/aromatic N) is 3. The van der Waals surface area contributed by atoms with Gasteiger partial charge in [-0.15, -0.1) is 0 Å². The van der Waals surface area contributed by atoms with Gasteiger partial charge in [-0.1, -0.05) is 29.8 Å². The van der Waals surface area contributed by atoms with Gasteiger partial charge in [0, 0.05) is 19.1 Å². The van der Waals surface area contributed by atoms with Crippen molar-refractivity contribution in [1.82, 2.24) is 9.78 Å². The van der Waals surface area contributed by atoms with Crippen molar-refractivity contribution in [2.45, 2.75) is 19.9 Å². The smallest absolute Gasteiger partial charge is 0.150 e. The Hall–Kier alpha value is -1.68. The molecule has 0 fully saturated rings. The normalized spacial score (nSPS) is 12.5. The topological polar surface area (TPSA) is 47.1 Å². The number of benzene rings is 1. The van der Waals surface area contributed by atoms with Crippen molar-refractivity contribution in [2.24, 2.45) is 7.05 Å². The molecule has 0 amide bonds. The maximum atomic E-state index is 6.26. The van der Waals surface area contributed by atoms with Crippen LogP contribution in [0.4, 0.5) is 11.5 Å². The summed E-state index contributed by atoms with van der Waals surface area (Å²) in [4.78, 5) is 2.09. The molecule has 4 nitrogen and oxygen atoms in total. The van der Waals surface area contributed by atoms with Crippen molar-refractivity contribution in [3.8, 4) is 0 Å². The van der Waals surface area contributed by atoms with Gasteiger partial charge < -0.3 is 10.6 Å². The number of anilines is 2. The number of nitrogens with two attached hydrogens (primary N) is 1. The third-order valence-electron chi connectivity index (χ3n) is 3.51. The number of hydrogen-bond acceptors (Lipinski definition) is 3. The molecule has 5 heteroatoms. The SMILES string of the molecule is Cc1nn(C)c(N(C)C(C)c2ccccc2Cl)c1N. The van der Waals surface area contributed by atoms with Crippen LogP contribution in [0, 0.1) is 6.92 Å². The lowest BCUT2D eigenvalue weighted by Crippen LogP contribution is -2.25. The van der Waals surface area contributed by atoms with E-state index in [1.165, 1.54) is 0 Å². The standard InChI is InChI=1S/C14H19ClN4/c1-9-13(16)14(19(4)17-9)18(3)10(2)11-7-5-6-8-12(11)15/h5-8,10H,16H2,1-4H3. The summed E-state index contributed by atoms with van der Waals surface area (Å²) >= 11 is 6.26. The van der Waals surface area contributed by atoms with Gasteiger partial charge in [-0.05, 0) is 25.5 Å². The van der Waals surface area contributed by atoms with Crippen LogP contribution in [0.25, 0.3) is 0 Å². The lowest BCUT2D eigenvalue weighted by molar-refractivity contribution is 0.674. The van der Waals surface area contributed by atoms with Crippen molar-refractivity contribution in [3.05, 3.63) is 40.5 Å². The molecule has 0 bridgehead atoms. The minimum Gasteiger partial charge on any atom is -0.394 e. The summed E-state index contributed by atoms with van der Waals surface area (Å²) in [6, 6.07) is 7.97. The van der Waals surface area contributed by atoms with Gasteiger partial charge in [0.2, 0.25) is 0 Å². The Morgan fingerprint density at radius 2 is 2.00 bits per heavy atom.